The molecule has 1 fully saturated rings. The van der Waals surface area contributed by atoms with Crippen molar-refractivity contribution < 1.29 is 13.9 Å². The van der Waals surface area contributed by atoms with Gasteiger partial charge in [-0.05, 0) is 17.6 Å². The lowest BCUT2D eigenvalue weighted by Gasteiger charge is -2.17. The van der Waals surface area contributed by atoms with Crippen LogP contribution < -0.4 is 5.32 Å². The van der Waals surface area contributed by atoms with Crippen LogP contribution in [0.3, 0.4) is 0 Å². The van der Waals surface area contributed by atoms with Gasteiger partial charge in [-0.15, -0.1) is 4.52 Å². The number of amides is 1. The summed E-state index contributed by atoms with van der Waals surface area (Å²) in [4.78, 5) is 10.9. The van der Waals surface area contributed by atoms with E-state index in [0.717, 1.165) is 0 Å². The Kier molecular flexibility index (Phi) is 2.60. The van der Waals surface area contributed by atoms with Crippen LogP contribution in [0.4, 0.5) is 0 Å². The molecule has 0 aliphatic carbocycles. The summed E-state index contributed by atoms with van der Waals surface area (Å²) in [5.41, 5.74) is -0.487. The SMILES string of the molecule is C=CC(=O)NC1(C)CO[P+](=O)C1. The lowest BCUT2D eigenvalue weighted by atomic mass is 10.1. The molecule has 2 atom stereocenters. The van der Waals surface area contributed by atoms with Gasteiger partial charge in [0.1, 0.15) is 12.1 Å². The second-order valence-corrected chi connectivity index (χ2v) is 4.26. The van der Waals surface area contributed by atoms with Crippen molar-refractivity contribution in [3.63, 3.8) is 0 Å². The van der Waals surface area contributed by atoms with E-state index in [2.05, 4.69) is 11.9 Å². The molecule has 12 heavy (non-hydrogen) atoms. The highest BCUT2D eigenvalue weighted by atomic mass is 31.1. The van der Waals surface area contributed by atoms with Crippen LogP contribution in [0, 0.1) is 0 Å². The Balaban J connectivity index is 2.56. The second-order valence-electron chi connectivity index (χ2n) is 3.02. The van der Waals surface area contributed by atoms with Crippen LogP contribution in [0.25, 0.3) is 0 Å². The molecule has 1 heterocycles. The first-order chi connectivity index (χ1) is 5.56. The molecule has 4 nitrogen and oxygen atoms in total. The smallest absolute Gasteiger partial charge is 0.340 e. The zero-order valence-corrected chi connectivity index (χ0v) is 7.77. The van der Waals surface area contributed by atoms with Gasteiger partial charge in [0, 0.05) is 0 Å². The van der Waals surface area contributed by atoms with E-state index in [0.29, 0.717) is 12.8 Å². The maximum atomic E-state index is 10.9. The van der Waals surface area contributed by atoms with Crippen molar-refractivity contribution >= 4 is 13.9 Å². The third-order valence-corrected chi connectivity index (χ3v) is 2.99. The highest BCUT2D eigenvalue weighted by Crippen LogP contribution is 2.35. The maximum absolute atomic E-state index is 10.9. The maximum Gasteiger partial charge on any atom is 0.510 e. The topological polar surface area (TPSA) is 55.4 Å². The fourth-order valence-electron chi connectivity index (χ4n) is 1.01. The van der Waals surface area contributed by atoms with E-state index in [1.807, 2.05) is 0 Å². The van der Waals surface area contributed by atoms with E-state index >= 15 is 0 Å². The molecule has 0 aromatic rings. The lowest BCUT2D eigenvalue weighted by molar-refractivity contribution is -0.118. The number of carbonyl (C=O) groups is 1. The van der Waals surface area contributed by atoms with Crippen molar-refractivity contribution in [1.29, 1.82) is 0 Å². The van der Waals surface area contributed by atoms with Crippen LogP contribution in [0.1, 0.15) is 6.92 Å². The summed E-state index contributed by atoms with van der Waals surface area (Å²) in [6.07, 6.45) is 1.57. The van der Waals surface area contributed by atoms with E-state index in [4.69, 9.17) is 4.52 Å². The zero-order valence-electron chi connectivity index (χ0n) is 6.87. The summed E-state index contributed by atoms with van der Waals surface area (Å²) in [6.45, 7) is 5.43. The lowest BCUT2D eigenvalue weighted by Crippen LogP contribution is -2.47. The number of nitrogens with one attached hydrogen (secondary N) is 1. The standard InChI is InChI=1S/C7H10NO3P/c1-3-6(9)8-7(2)4-11-12(10)5-7/h3H,1,4-5H2,2H3/p+1. The predicted octanol–water partition coefficient (Wildman–Crippen LogP) is 0.820. The molecule has 66 valence electrons. The van der Waals surface area contributed by atoms with E-state index in [-0.39, 0.29) is 5.91 Å². The molecule has 0 spiro atoms. The van der Waals surface area contributed by atoms with Crippen molar-refractivity contribution in [2.45, 2.75) is 12.5 Å². The minimum atomic E-state index is -1.59. The van der Waals surface area contributed by atoms with Crippen molar-refractivity contribution in [3.05, 3.63) is 12.7 Å². The molecule has 1 N–H and O–H groups in total. The van der Waals surface area contributed by atoms with Crippen molar-refractivity contribution in [3.8, 4) is 0 Å². The van der Waals surface area contributed by atoms with Crippen LogP contribution in [0.2, 0.25) is 0 Å². The predicted molar refractivity (Wildman–Crippen MR) is 45.2 cm³/mol. The third-order valence-electron chi connectivity index (χ3n) is 1.62. The van der Waals surface area contributed by atoms with E-state index < -0.39 is 13.6 Å². The van der Waals surface area contributed by atoms with Crippen LogP contribution in [-0.4, -0.2) is 24.2 Å². The van der Waals surface area contributed by atoms with Crippen molar-refractivity contribution in [2.75, 3.05) is 12.8 Å². The Morgan fingerprint density at radius 3 is 2.92 bits per heavy atom. The van der Waals surface area contributed by atoms with Gasteiger partial charge in [-0.2, -0.15) is 0 Å². The Hall–Kier alpha value is -0.730. The minimum absolute atomic E-state index is 0.258. The number of hydrogen-bond donors (Lipinski definition) is 1. The normalized spacial score (nSPS) is 31.6. The summed E-state index contributed by atoms with van der Waals surface area (Å²) >= 11 is 0. The summed E-state index contributed by atoms with van der Waals surface area (Å²) in [7, 11) is -1.59. The largest absolute Gasteiger partial charge is 0.510 e. The second kappa shape index (κ2) is 3.33. The van der Waals surface area contributed by atoms with Gasteiger partial charge < -0.3 is 5.32 Å². The molecule has 5 heteroatoms. The minimum Gasteiger partial charge on any atom is -0.340 e. The quantitative estimate of drug-likeness (QED) is 0.515. The summed E-state index contributed by atoms with van der Waals surface area (Å²) < 4.78 is 15.8. The highest BCUT2D eigenvalue weighted by molar-refractivity contribution is 7.39. The summed E-state index contributed by atoms with van der Waals surface area (Å²) in [5.74, 6) is -0.258. The van der Waals surface area contributed by atoms with Crippen molar-refractivity contribution in [1.82, 2.24) is 5.32 Å². The number of hydrogen-bond acceptors (Lipinski definition) is 3. The summed E-state index contributed by atoms with van der Waals surface area (Å²) in [5, 5.41) is 2.67. The van der Waals surface area contributed by atoms with Crippen LogP contribution in [0.15, 0.2) is 12.7 Å². The average Bonchev–Trinajstić information content (AvgIpc) is 2.30. The summed E-state index contributed by atoms with van der Waals surface area (Å²) in [6, 6.07) is 0. The molecule has 0 aromatic heterocycles. The molecular weight excluding hydrogens is 177 g/mol. The van der Waals surface area contributed by atoms with Gasteiger partial charge in [-0.3, -0.25) is 4.79 Å². The van der Waals surface area contributed by atoms with E-state index in [9.17, 15) is 9.36 Å². The van der Waals surface area contributed by atoms with E-state index in [1.54, 1.807) is 6.92 Å². The molecule has 0 saturated carbocycles. The van der Waals surface area contributed by atoms with Gasteiger partial charge in [0.05, 0.1) is 0 Å². The van der Waals surface area contributed by atoms with Gasteiger partial charge in [-0.1, -0.05) is 6.58 Å². The molecule has 1 rings (SSSR count). The van der Waals surface area contributed by atoms with Gasteiger partial charge in [0.25, 0.3) is 0 Å². The van der Waals surface area contributed by atoms with Crippen LogP contribution in [0.5, 0.6) is 0 Å². The fourth-order valence-corrected chi connectivity index (χ4v) is 2.28. The first-order valence-corrected chi connectivity index (χ1v) is 4.94. The Bertz CT molecular complexity index is 241. The zero-order chi connectivity index (χ0) is 9.19. The fraction of sp³-hybridized carbons (Fsp3) is 0.571. The molecule has 2 unspecified atom stereocenters. The highest BCUT2D eigenvalue weighted by Gasteiger charge is 2.45. The first-order valence-electron chi connectivity index (χ1n) is 3.58. The van der Waals surface area contributed by atoms with Crippen LogP contribution >= 0.6 is 8.03 Å². The Labute approximate surface area is 71.8 Å². The van der Waals surface area contributed by atoms with Crippen LogP contribution in [-0.2, 0) is 13.9 Å². The van der Waals surface area contributed by atoms with Crippen molar-refractivity contribution in [2.24, 2.45) is 0 Å². The molecule has 1 amide bonds. The average molecular weight is 188 g/mol. The molecule has 0 bridgehead atoms. The monoisotopic (exact) mass is 188 g/mol. The molecule has 0 radical (unpaired) electrons. The first kappa shape index (κ1) is 9.36. The van der Waals surface area contributed by atoms with E-state index in [1.165, 1.54) is 6.08 Å². The third kappa shape index (κ3) is 2.13. The van der Waals surface area contributed by atoms with Gasteiger partial charge in [0.15, 0.2) is 0 Å². The Morgan fingerprint density at radius 1 is 1.83 bits per heavy atom. The Morgan fingerprint density at radius 2 is 2.50 bits per heavy atom. The molecule has 1 aliphatic heterocycles. The molecular formula is C7H11NO3P+. The van der Waals surface area contributed by atoms with Gasteiger partial charge in [-0.25, -0.2) is 0 Å². The van der Waals surface area contributed by atoms with Gasteiger partial charge in [0.2, 0.25) is 12.1 Å². The number of carbonyl (C=O) groups excluding carboxylic acids is 1. The molecule has 0 aromatic carbocycles. The molecule has 1 aliphatic rings. The number of rotatable bonds is 2. The molecule has 1 saturated heterocycles. The van der Waals surface area contributed by atoms with Gasteiger partial charge >= 0.3 is 8.03 Å².